The number of hydrogen-bond donors (Lipinski definition) is 0. The van der Waals surface area contributed by atoms with Gasteiger partial charge in [-0.05, 0) is 12.1 Å². The van der Waals surface area contributed by atoms with Gasteiger partial charge in [0.15, 0.2) is 4.80 Å². The molecule has 20 heavy (non-hydrogen) atoms. The van der Waals surface area contributed by atoms with Gasteiger partial charge in [0, 0.05) is 13.1 Å². The molecule has 3 aromatic rings. The van der Waals surface area contributed by atoms with E-state index in [0.29, 0.717) is 14.8 Å². The number of benzene rings is 1. The molecule has 0 spiro atoms. The summed E-state index contributed by atoms with van der Waals surface area (Å²) >= 11 is 13.6. The average molecular weight is 328 g/mol. The fraction of sp³-hybridized carbons (Fsp3) is 0.0833. The number of aryl methyl sites for hydroxylation is 1. The summed E-state index contributed by atoms with van der Waals surface area (Å²) in [5, 5.41) is 4.60. The summed E-state index contributed by atoms with van der Waals surface area (Å²) in [4.78, 5) is 16.4. The Morgan fingerprint density at radius 2 is 2.10 bits per heavy atom. The zero-order chi connectivity index (χ0) is 14.3. The number of amides is 1. The van der Waals surface area contributed by atoms with E-state index in [9.17, 15) is 4.79 Å². The van der Waals surface area contributed by atoms with Crippen LogP contribution in [0.1, 0.15) is 10.6 Å². The average Bonchev–Trinajstić information content (AvgIpc) is 3.04. The second-order valence-electron chi connectivity index (χ2n) is 3.94. The van der Waals surface area contributed by atoms with E-state index in [1.807, 2.05) is 0 Å². The topological polar surface area (TPSA) is 60.4 Å². The Morgan fingerprint density at radius 3 is 2.75 bits per heavy atom. The molecule has 8 heteroatoms. The lowest BCUT2D eigenvalue weighted by molar-refractivity contribution is 0.0962. The van der Waals surface area contributed by atoms with Gasteiger partial charge in [0.05, 0.1) is 26.5 Å². The second kappa shape index (κ2) is 5.05. The highest BCUT2D eigenvalue weighted by molar-refractivity contribution is 7.17. The second-order valence-corrected chi connectivity index (χ2v) is 5.74. The van der Waals surface area contributed by atoms with Crippen LogP contribution in [-0.2, 0) is 7.05 Å². The Bertz CT molecular complexity index is 865. The maximum Gasteiger partial charge on any atom is 0.318 e. The van der Waals surface area contributed by atoms with Crippen molar-refractivity contribution in [3.05, 3.63) is 45.0 Å². The molecule has 0 saturated carbocycles. The number of aromatic nitrogens is 2. The molecule has 102 valence electrons. The number of nitrogens with zero attached hydrogens (tertiary/aromatic N) is 3. The molecule has 0 unspecified atom stereocenters. The first-order chi connectivity index (χ1) is 9.58. The molecular formula is C12H7Cl2N3O2S. The van der Waals surface area contributed by atoms with E-state index >= 15 is 0 Å². The summed E-state index contributed by atoms with van der Waals surface area (Å²) in [5.74, 6) is -0.420. The van der Waals surface area contributed by atoms with Crippen LogP contribution in [-0.4, -0.2) is 15.6 Å². The zero-order valence-electron chi connectivity index (χ0n) is 10.1. The van der Waals surface area contributed by atoms with Gasteiger partial charge in [-0.15, -0.1) is 0 Å². The lowest BCUT2D eigenvalue weighted by atomic mass is 10.3. The Kier molecular flexibility index (Phi) is 3.37. The van der Waals surface area contributed by atoms with E-state index in [-0.39, 0.29) is 5.76 Å². The van der Waals surface area contributed by atoms with Gasteiger partial charge in [-0.2, -0.15) is 4.99 Å². The van der Waals surface area contributed by atoms with E-state index in [1.54, 1.807) is 23.7 Å². The highest BCUT2D eigenvalue weighted by atomic mass is 35.5. The van der Waals surface area contributed by atoms with Crippen molar-refractivity contribution in [1.82, 2.24) is 9.72 Å². The molecule has 0 saturated heterocycles. The van der Waals surface area contributed by atoms with Gasteiger partial charge in [-0.1, -0.05) is 39.7 Å². The lowest BCUT2D eigenvalue weighted by Gasteiger charge is -1.99. The first-order valence-electron chi connectivity index (χ1n) is 5.51. The number of fused-ring (bicyclic) bond motifs is 1. The maximum atomic E-state index is 11.9. The molecule has 0 radical (unpaired) electrons. The first-order valence-corrected chi connectivity index (χ1v) is 7.08. The van der Waals surface area contributed by atoms with Crippen LogP contribution >= 0.6 is 34.5 Å². The van der Waals surface area contributed by atoms with Crippen LogP contribution in [0.2, 0.25) is 10.0 Å². The highest BCUT2D eigenvalue weighted by Gasteiger charge is 2.13. The van der Waals surface area contributed by atoms with Gasteiger partial charge in [-0.3, -0.25) is 4.79 Å². The van der Waals surface area contributed by atoms with Crippen molar-refractivity contribution in [2.24, 2.45) is 12.0 Å². The molecule has 1 amide bonds. The quantitative estimate of drug-likeness (QED) is 0.689. The minimum absolute atomic E-state index is 0.0830. The van der Waals surface area contributed by atoms with E-state index in [2.05, 4.69) is 10.1 Å². The van der Waals surface area contributed by atoms with Crippen molar-refractivity contribution < 1.29 is 9.32 Å². The number of hydrogen-bond acceptors (Lipinski definition) is 4. The minimum Gasteiger partial charge on any atom is -0.351 e. The van der Waals surface area contributed by atoms with Gasteiger partial charge >= 0.3 is 5.91 Å². The molecule has 0 fully saturated rings. The molecule has 1 aromatic carbocycles. The van der Waals surface area contributed by atoms with Crippen molar-refractivity contribution in [1.29, 1.82) is 0 Å². The van der Waals surface area contributed by atoms with E-state index in [1.165, 1.54) is 23.6 Å². The van der Waals surface area contributed by atoms with Crippen LogP contribution in [0.5, 0.6) is 0 Å². The fourth-order valence-electron chi connectivity index (χ4n) is 1.75. The molecule has 0 aliphatic rings. The Labute approximate surface area is 127 Å². The van der Waals surface area contributed by atoms with Gasteiger partial charge < -0.3 is 9.09 Å². The van der Waals surface area contributed by atoms with E-state index < -0.39 is 5.91 Å². The van der Waals surface area contributed by atoms with Gasteiger partial charge in [0.1, 0.15) is 0 Å². The molecule has 2 heterocycles. The van der Waals surface area contributed by atoms with E-state index in [0.717, 1.165) is 10.2 Å². The predicted octanol–water partition coefficient (Wildman–Crippen LogP) is 3.28. The molecule has 0 aliphatic carbocycles. The summed E-state index contributed by atoms with van der Waals surface area (Å²) in [5.41, 5.74) is 0.744. The molecule has 0 aliphatic heterocycles. The third-order valence-electron chi connectivity index (χ3n) is 2.70. The van der Waals surface area contributed by atoms with Crippen molar-refractivity contribution in [3.8, 4) is 0 Å². The fourth-order valence-corrected chi connectivity index (χ4v) is 3.41. The van der Waals surface area contributed by atoms with Crippen LogP contribution in [0, 0.1) is 0 Å². The third-order valence-corrected chi connectivity index (χ3v) is 4.59. The van der Waals surface area contributed by atoms with Gasteiger partial charge in [-0.25, -0.2) is 0 Å². The summed E-state index contributed by atoms with van der Waals surface area (Å²) < 4.78 is 7.29. The molecule has 5 nitrogen and oxygen atoms in total. The first kappa shape index (κ1) is 13.4. The zero-order valence-corrected chi connectivity index (χ0v) is 12.5. The number of thiazole rings is 1. The summed E-state index contributed by atoms with van der Waals surface area (Å²) in [7, 11) is 1.77. The largest absolute Gasteiger partial charge is 0.351 e. The Balaban J connectivity index is 2.23. The summed E-state index contributed by atoms with van der Waals surface area (Å²) in [6, 6.07) is 4.88. The molecule has 0 N–H and O–H groups in total. The monoisotopic (exact) mass is 327 g/mol. The van der Waals surface area contributed by atoms with Crippen molar-refractivity contribution >= 4 is 50.7 Å². The summed E-state index contributed by atoms with van der Waals surface area (Å²) in [6.45, 7) is 0. The third kappa shape index (κ3) is 2.15. The van der Waals surface area contributed by atoms with Crippen LogP contribution in [0.25, 0.3) is 10.2 Å². The van der Waals surface area contributed by atoms with Crippen LogP contribution < -0.4 is 4.80 Å². The van der Waals surface area contributed by atoms with Gasteiger partial charge in [0.2, 0.25) is 5.76 Å². The predicted molar refractivity (Wildman–Crippen MR) is 77.2 cm³/mol. The summed E-state index contributed by atoms with van der Waals surface area (Å²) in [6.07, 6.45) is 1.39. The normalized spacial score (nSPS) is 12.2. The molecule has 2 aromatic heterocycles. The molecule has 3 rings (SSSR count). The lowest BCUT2D eigenvalue weighted by Crippen LogP contribution is -2.13. The van der Waals surface area contributed by atoms with Crippen LogP contribution in [0.15, 0.2) is 33.9 Å². The molecule has 0 atom stereocenters. The Hall–Kier alpha value is -1.63. The standard InChI is InChI=1S/C12H7Cl2N3O2S/c1-17-9-6(13)2-3-7(14)10(9)20-12(17)16-11(18)8-4-5-15-19-8/h2-5H,1H3. The number of halogens is 2. The Morgan fingerprint density at radius 1 is 1.35 bits per heavy atom. The number of carbonyl (C=O) groups excluding carboxylic acids is 1. The number of carbonyl (C=O) groups is 1. The van der Waals surface area contributed by atoms with Crippen molar-refractivity contribution in [3.63, 3.8) is 0 Å². The minimum atomic E-state index is -0.503. The number of rotatable bonds is 1. The highest BCUT2D eigenvalue weighted by Crippen LogP contribution is 2.31. The van der Waals surface area contributed by atoms with E-state index in [4.69, 9.17) is 27.7 Å². The molecule has 0 bridgehead atoms. The van der Waals surface area contributed by atoms with Crippen LogP contribution in [0.4, 0.5) is 0 Å². The maximum absolute atomic E-state index is 11.9. The smallest absolute Gasteiger partial charge is 0.318 e. The van der Waals surface area contributed by atoms with Crippen molar-refractivity contribution in [2.75, 3.05) is 0 Å². The SMILES string of the molecule is Cn1c(=NC(=O)c2ccno2)sc2c(Cl)ccc(Cl)c21. The van der Waals surface area contributed by atoms with Gasteiger partial charge in [0.25, 0.3) is 0 Å². The van der Waals surface area contributed by atoms with Crippen LogP contribution in [0.3, 0.4) is 0 Å². The van der Waals surface area contributed by atoms with Crippen molar-refractivity contribution in [2.45, 2.75) is 0 Å². The molecular weight excluding hydrogens is 321 g/mol.